The van der Waals surface area contributed by atoms with Crippen LogP contribution >= 0.6 is 0 Å². The molecule has 2 rings (SSSR count). The molecule has 1 atom stereocenters. The van der Waals surface area contributed by atoms with Crippen LogP contribution in [0, 0.1) is 11.7 Å². The summed E-state index contributed by atoms with van der Waals surface area (Å²) >= 11 is 0. The van der Waals surface area contributed by atoms with Crippen LogP contribution in [-0.4, -0.2) is 12.6 Å². The van der Waals surface area contributed by atoms with E-state index < -0.39 is 0 Å². The molecule has 1 fully saturated rings. The quantitative estimate of drug-likeness (QED) is 0.854. The molecular weight excluding hydrogens is 217 g/mol. The molecule has 3 heteroatoms. The van der Waals surface area contributed by atoms with Crippen molar-refractivity contribution < 1.29 is 9.13 Å². The molecule has 1 aromatic carbocycles. The largest absolute Gasteiger partial charge is 0.375 e. The molecule has 0 radical (unpaired) electrons. The van der Waals surface area contributed by atoms with E-state index in [-0.39, 0.29) is 11.9 Å². The smallest absolute Gasteiger partial charge is 0.128 e. The zero-order valence-electron chi connectivity index (χ0n) is 10.1. The minimum absolute atomic E-state index is 0.101. The predicted octanol–water partition coefficient (Wildman–Crippen LogP) is 2.86. The molecule has 1 unspecified atom stereocenters. The minimum Gasteiger partial charge on any atom is -0.375 e. The van der Waals surface area contributed by atoms with Gasteiger partial charge in [0.1, 0.15) is 5.82 Å². The van der Waals surface area contributed by atoms with E-state index in [4.69, 9.17) is 10.5 Å². The Kier molecular flexibility index (Phi) is 4.51. The molecule has 2 nitrogen and oxygen atoms in total. The average Bonchev–Trinajstić information content (AvgIpc) is 2.85. The number of benzene rings is 1. The number of ether oxygens (including phenoxy) is 1. The highest BCUT2D eigenvalue weighted by atomic mass is 19.1. The summed E-state index contributed by atoms with van der Waals surface area (Å²) in [6, 6.07) is 6.80. The van der Waals surface area contributed by atoms with Crippen LogP contribution < -0.4 is 5.73 Å². The summed E-state index contributed by atoms with van der Waals surface area (Å²) in [6.45, 7) is 0.839. The van der Waals surface area contributed by atoms with Gasteiger partial charge in [-0.3, -0.25) is 0 Å². The summed E-state index contributed by atoms with van der Waals surface area (Å²) in [7, 11) is 0. The molecule has 0 aliphatic heterocycles. The highest BCUT2D eigenvalue weighted by molar-refractivity contribution is 5.16. The van der Waals surface area contributed by atoms with Gasteiger partial charge in [-0.15, -0.1) is 0 Å². The molecule has 0 aromatic heterocycles. The van der Waals surface area contributed by atoms with Crippen molar-refractivity contribution in [3.63, 3.8) is 0 Å². The summed E-state index contributed by atoms with van der Waals surface area (Å²) < 4.78 is 18.8. The first-order valence-corrected chi connectivity index (χ1v) is 6.34. The van der Waals surface area contributed by atoms with Crippen LogP contribution in [0.3, 0.4) is 0 Å². The topological polar surface area (TPSA) is 35.2 Å². The molecular formula is C14H20FNO. The fraction of sp³-hybridized carbons (Fsp3) is 0.571. The van der Waals surface area contributed by atoms with Gasteiger partial charge in [0.15, 0.2) is 0 Å². The Morgan fingerprint density at radius 3 is 2.71 bits per heavy atom. The summed E-state index contributed by atoms with van der Waals surface area (Å²) in [5, 5.41) is 0. The highest BCUT2D eigenvalue weighted by Gasteiger charge is 2.21. The molecule has 0 saturated heterocycles. The summed E-state index contributed by atoms with van der Waals surface area (Å²) in [5.41, 5.74) is 6.67. The Labute approximate surface area is 102 Å². The van der Waals surface area contributed by atoms with E-state index in [1.165, 1.54) is 31.7 Å². The lowest BCUT2D eigenvalue weighted by Gasteiger charge is -2.18. The molecule has 0 heterocycles. The van der Waals surface area contributed by atoms with E-state index >= 15 is 0 Å². The SMILES string of the molecule is NC(COCc1ccccc1F)C1CCCC1. The van der Waals surface area contributed by atoms with Gasteiger partial charge in [0.2, 0.25) is 0 Å². The van der Waals surface area contributed by atoms with Crippen LogP contribution in [0.4, 0.5) is 4.39 Å². The number of nitrogens with two attached hydrogens (primary N) is 1. The summed E-state index contributed by atoms with van der Waals surface area (Å²) in [6.07, 6.45) is 4.99. The minimum atomic E-state index is -0.207. The van der Waals surface area contributed by atoms with Crippen molar-refractivity contribution in [3.05, 3.63) is 35.6 Å². The second-order valence-corrected chi connectivity index (χ2v) is 4.81. The van der Waals surface area contributed by atoms with Crippen molar-refractivity contribution in [1.82, 2.24) is 0 Å². The van der Waals surface area contributed by atoms with Crippen LogP contribution in [0.1, 0.15) is 31.2 Å². The molecule has 1 aliphatic carbocycles. The third-order valence-corrected chi connectivity index (χ3v) is 3.53. The van der Waals surface area contributed by atoms with Gasteiger partial charge in [-0.2, -0.15) is 0 Å². The number of halogens is 1. The highest BCUT2D eigenvalue weighted by Crippen LogP contribution is 2.27. The molecule has 17 heavy (non-hydrogen) atoms. The van der Waals surface area contributed by atoms with Crippen molar-refractivity contribution in [2.24, 2.45) is 11.7 Å². The van der Waals surface area contributed by atoms with Crippen molar-refractivity contribution in [2.45, 2.75) is 38.3 Å². The normalized spacial score (nSPS) is 18.5. The first kappa shape index (κ1) is 12.5. The molecule has 1 aliphatic rings. The van der Waals surface area contributed by atoms with Crippen LogP contribution in [-0.2, 0) is 11.3 Å². The first-order valence-electron chi connectivity index (χ1n) is 6.34. The van der Waals surface area contributed by atoms with Crippen molar-refractivity contribution in [1.29, 1.82) is 0 Å². The number of rotatable bonds is 5. The lowest BCUT2D eigenvalue weighted by Crippen LogP contribution is -2.33. The van der Waals surface area contributed by atoms with Crippen molar-refractivity contribution in [2.75, 3.05) is 6.61 Å². The van der Waals surface area contributed by atoms with E-state index in [1.807, 2.05) is 6.07 Å². The first-order chi connectivity index (χ1) is 8.27. The number of hydrogen-bond donors (Lipinski definition) is 1. The number of hydrogen-bond acceptors (Lipinski definition) is 2. The van der Waals surface area contributed by atoms with Crippen molar-refractivity contribution in [3.8, 4) is 0 Å². The van der Waals surface area contributed by atoms with Gasteiger partial charge in [-0.1, -0.05) is 31.0 Å². The Morgan fingerprint density at radius 2 is 2.00 bits per heavy atom. The molecule has 94 valence electrons. The zero-order valence-corrected chi connectivity index (χ0v) is 10.1. The van der Waals surface area contributed by atoms with Gasteiger partial charge in [0.25, 0.3) is 0 Å². The molecule has 0 bridgehead atoms. The monoisotopic (exact) mass is 237 g/mol. The fourth-order valence-electron chi connectivity index (χ4n) is 2.44. The molecule has 1 aromatic rings. The Morgan fingerprint density at radius 1 is 1.29 bits per heavy atom. The molecule has 0 amide bonds. The van der Waals surface area contributed by atoms with Gasteiger partial charge in [-0.05, 0) is 24.8 Å². The van der Waals surface area contributed by atoms with Gasteiger partial charge in [0, 0.05) is 11.6 Å². The summed E-state index contributed by atoms with van der Waals surface area (Å²) in [5.74, 6) is 0.387. The Balaban J connectivity index is 1.74. The lowest BCUT2D eigenvalue weighted by molar-refractivity contribution is 0.0918. The van der Waals surface area contributed by atoms with Crippen LogP contribution in [0.5, 0.6) is 0 Å². The van der Waals surface area contributed by atoms with Crippen LogP contribution in [0.2, 0.25) is 0 Å². The Hall–Kier alpha value is -0.930. The van der Waals surface area contributed by atoms with E-state index in [2.05, 4.69) is 0 Å². The Bertz CT molecular complexity index is 350. The standard InChI is InChI=1S/C14H20FNO/c15-13-8-4-3-7-12(13)9-17-10-14(16)11-5-1-2-6-11/h3-4,7-8,11,14H,1-2,5-6,9-10,16H2. The van der Waals surface area contributed by atoms with Crippen molar-refractivity contribution >= 4 is 0 Å². The summed E-state index contributed by atoms with van der Waals surface area (Å²) in [4.78, 5) is 0. The lowest BCUT2D eigenvalue weighted by atomic mass is 10.00. The third-order valence-electron chi connectivity index (χ3n) is 3.53. The fourth-order valence-corrected chi connectivity index (χ4v) is 2.44. The molecule has 1 saturated carbocycles. The van der Waals surface area contributed by atoms with Gasteiger partial charge in [0.05, 0.1) is 13.2 Å². The zero-order chi connectivity index (χ0) is 12.1. The molecule has 0 spiro atoms. The van der Waals surface area contributed by atoms with E-state index in [9.17, 15) is 4.39 Å². The van der Waals surface area contributed by atoms with E-state index in [0.717, 1.165) is 0 Å². The molecule has 2 N–H and O–H groups in total. The van der Waals surface area contributed by atoms with Gasteiger partial charge >= 0.3 is 0 Å². The average molecular weight is 237 g/mol. The van der Waals surface area contributed by atoms with Gasteiger partial charge < -0.3 is 10.5 Å². The van der Waals surface area contributed by atoms with E-state index in [0.29, 0.717) is 24.7 Å². The second kappa shape index (κ2) is 6.12. The maximum Gasteiger partial charge on any atom is 0.128 e. The van der Waals surface area contributed by atoms with Crippen LogP contribution in [0.25, 0.3) is 0 Å². The predicted molar refractivity (Wildman–Crippen MR) is 66.0 cm³/mol. The van der Waals surface area contributed by atoms with Crippen LogP contribution in [0.15, 0.2) is 24.3 Å². The third kappa shape index (κ3) is 3.51. The second-order valence-electron chi connectivity index (χ2n) is 4.81. The maximum absolute atomic E-state index is 13.3. The maximum atomic E-state index is 13.3. The van der Waals surface area contributed by atoms with Gasteiger partial charge in [-0.25, -0.2) is 4.39 Å². The van der Waals surface area contributed by atoms with E-state index in [1.54, 1.807) is 12.1 Å².